The van der Waals surface area contributed by atoms with Crippen LogP contribution < -0.4 is 0 Å². The minimum atomic E-state index is -0.530. The summed E-state index contributed by atoms with van der Waals surface area (Å²) in [6, 6.07) is 9.83. The van der Waals surface area contributed by atoms with Gasteiger partial charge in [-0.05, 0) is 18.2 Å². The average molecular weight is 400 g/mol. The lowest BCUT2D eigenvalue weighted by molar-refractivity contribution is -0.384. The molecule has 1 aliphatic rings. The van der Waals surface area contributed by atoms with Gasteiger partial charge in [0, 0.05) is 57.3 Å². The summed E-state index contributed by atoms with van der Waals surface area (Å²) in [6.07, 6.45) is 3.99. The zero-order valence-electron chi connectivity index (χ0n) is 15.0. The second kappa shape index (κ2) is 7.57. The summed E-state index contributed by atoms with van der Waals surface area (Å²) >= 11 is 6.09. The molecule has 1 fully saturated rings. The van der Waals surface area contributed by atoms with E-state index in [2.05, 4.69) is 9.88 Å². The molecule has 1 saturated heterocycles. The van der Waals surface area contributed by atoms with Gasteiger partial charge in [0.15, 0.2) is 0 Å². The number of nitrogens with zero attached hydrogens (tertiary/aromatic N) is 5. The molecule has 0 saturated carbocycles. The van der Waals surface area contributed by atoms with Gasteiger partial charge in [-0.15, -0.1) is 0 Å². The number of hydrogen-bond donors (Lipinski definition) is 0. The SMILES string of the molecule is O=C(c1ccc([N+](=O)[O-])cc1Cl)N1CCN(Cc2cn3ccccc3n2)CC1. The molecule has 3 aromatic rings. The van der Waals surface area contributed by atoms with Crippen molar-refractivity contribution < 1.29 is 9.72 Å². The van der Waals surface area contributed by atoms with Crippen molar-refractivity contribution in [3.05, 3.63) is 75.2 Å². The Balaban J connectivity index is 1.38. The highest BCUT2D eigenvalue weighted by Crippen LogP contribution is 2.24. The van der Waals surface area contributed by atoms with E-state index in [1.807, 2.05) is 35.0 Å². The van der Waals surface area contributed by atoms with Crippen molar-refractivity contribution in [2.75, 3.05) is 26.2 Å². The lowest BCUT2D eigenvalue weighted by Gasteiger charge is -2.34. The fraction of sp³-hybridized carbons (Fsp3) is 0.263. The molecule has 28 heavy (non-hydrogen) atoms. The molecule has 8 nitrogen and oxygen atoms in total. The predicted molar refractivity (Wildman–Crippen MR) is 104 cm³/mol. The number of carbonyl (C=O) groups excluding carboxylic acids is 1. The highest BCUT2D eigenvalue weighted by molar-refractivity contribution is 6.34. The van der Waals surface area contributed by atoms with E-state index in [-0.39, 0.29) is 16.6 Å². The fourth-order valence-corrected chi connectivity index (χ4v) is 3.62. The summed E-state index contributed by atoms with van der Waals surface area (Å²) in [6.45, 7) is 3.31. The molecule has 1 aliphatic heterocycles. The smallest absolute Gasteiger partial charge is 0.270 e. The van der Waals surface area contributed by atoms with E-state index in [1.165, 1.54) is 18.2 Å². The fourth-order valence-electron chi connectivity index (χ4n) is 3.36. The number of piperazine rings is 1. The first-order valence-electron chi connectivity index (χ1n) is 8.89. The Labute approximate surface area is 166 Å². The third kappa shape index (κ3) is 3.69. The van der Waals surface area contributed by atoms with E-state index in [9.17, 15) is 14.9 Å². The molecule has 2 aromatic heterocycles. The Morgan fingerprint density at radius 1 is 1.18 bits per heavy atom. The van der Waals surface area contributed by atoms with Gasteiger partial charge in [0.25, 0.3) is 11.6 Å². The Kier molecular flexibility index (Phi) is 4.97. The molecule has 1 aromatic carbocycles. The van der Waals surface area contributed by atoms with Crippen LogP contribution in [0.2, 0.25) is 5.02 Å². The summed E-state index contributed by atoms with van der Waals surface area (Å²) in [5, 5.41) is 10.9. The first-order valence-corrected chi connectivity index (χ1v) is 9.27. The van der Waals surface area contributed by atoms with Crippen LogP contribution in [0.3, 0.4) is 0 Å². The van der Waals surface area contributed by atoms with Gasteiger partial charge in [-0.2, -0.15) is 0 Å². The summed E-state index contributed by atoms with van der Waals surface area (Å²) in [4.78, 5) is 31.6. The summed E-state index contributed by atoms with van der Waals surface area (Å²) in [5.41, 5.74) is 2.07. The minimum Gasteiger partial charge on any atom is -0.336 e. The second-order valence-corrected chi connectivity index (χ2v) is 7.10. The van der Waals surface area contributed by atoms with Gasteiger partial charge in [-0.25, -0.2) is 4.98 Å². The molecule has 0 N–H and O–H groups in total. The van der Waals surface area contributed by atoms with Crippen LogP contribution in [-0.4, -0.2) is 56.2 Å². The molecule has 0 unspecified atom stereocenters. The maximum Gasteiger partial charge on any atom is 0.270 e. The standard InChI is InChI=1S/C19H18ClN5O3/c20-17-11-15(25(27)28)4-5-16(17)19(26)23-9-7-22(8-10-23)12-14-13-24-6-2-1-3-18(24)21-14/h1-6,11,13H,7-10,12H2. The number of aromatic nitrogens is 2. The number of non-ortho nitro benzene ring substituents is 1. The van der Waals surface area contributed by atoms with Crippen molar-refractivity contribution in [3.63, 3.8) is 0 Å². The Bertz CT molecular complexity index is 1010. The molecule has 0 bridgehead atoms. The third-order valence-electron chi connectivity index (χ3n) is 4.85. The van der Waals surface area contributed by atoms with E-state index in [0.717, 1.165) is 31.0 Å². The van der Waals surface area contributed by atoms with Gasteiger partial charge in [0.1, 0.15) is 5.65 Å². The number of benzene rings is 1. The zero-order chi connectivity index (χ0) is 19.7. The third-order valence-corrected chi connectivity index (χ3v) is 5.17. The van der Waals surface area contributed by atoms with E-state index in [0.29, 0.717) is 18.7 Å². The van der Waals surface area contributed by atoms with Crippen LogP contribution in [0.5, 0.6) is 0 Å². The van der Waals surface area contributed by atoms with Crippen LogP contribution in [0.15, 0.2) is 48.8 Å². The molecule has 0 radical (unpaired) electrons. The Morgan fingerprint density at radius 3 is 2.64 bits per heavy atom. The maximum absolute atomic E-state index is 12.7. The number of rotatable bonds is 4. The van der Waals surface area contributed by atoms with E-state index >= 15 is 0 Å². The maximum atomic E-state index is 12.7. The number of nitro benzene ring substituents is 1. The number of amides is 1. The summed E-state index contributed by atoms with van der Waals surface area (Å²) < 4.78 is 1.99. The van der Waals surface area contributed by atoms with Crippen LogP contribution in [0.4, 0.5) is 5.69 Å². The average Bonchev–Trinajstić information content (AvgIpc) is 3.10. The topological polar surface area (TPSA) is 84.0 Å². The van der Waals surface area contributed by atoms with Crippen molar-refractivity contribution in [1.29, 1.82) is 0 Å². The molecule has 0 atom stereocenters. The minimum absolute atomic E-state index is 0.103. The molecule has 4 rings (SSSR count). The number of halogens is 1. The number of fused-ring (bicyclic) bond motifs is 1. The second-order valence-electron chi connectivity index (χ2n) is 6.69. The van der Waals surface area contributed by atoms with E-state index in [4.69, 9.17) is 11.6 Å². The summed E-state index contributed by atoms with van der Waals surface area (Å²) in [5.74, 6) is -0.202. The van der Waals surface area contributed by atoms with Crippen molar-refractivity contribution >= 4 is 28.8 Å². The Hall–Kier alpha value is -2.97. The highest BCUT2D eigenvalue weighted by Gasteiger charge is 2.25. The van der Waals surface area contributed by atoms with E-state index < -0.39 is 4.92 Å². The molecular formula is C19H18ClN5O3. The zero-order valence-corrected chi connectivity index (χ0v) is 15.7. The van der Waals surface area contributed by atoms with Crippen molar-refractivity contribution in [2.45, 2.75) is 6.54 Å². The molecule has 144 valence electrons. The Morgan fingerprint density at radius 2 is 1.96 bits per heavy atom. The van der Waals surface area contributed by atoms with Gasteiger partial charge in [-0.3, -0.25) is 19.8 Å². The number of pyridine rings is 1. The molecular weight excluding hydrogens is 382 g/mol. The number of hydrogen-bond acceptors (Lipinski definition) is 5. The lowest BCUT2D eigenvalue weighted by Crippen LogP contribution is -2.48. The number of nitro groups is 1. The van der Waals surface area contributed by atoms with Gasteiger partial charge in [-0.1, -0.05) is 17.7 Å². The monoisotopic (exact) mass is 399 g/mol. The van der Waals surface area contributed by atoms with Gasteiger partial charge in [0.05, 0.1) is 21.2 Å². The normalized spacial score (nSPS) is 15.1. The first kappa shape index (κ1) is 18.4. The molecule has 3 heterocycles. The van der Waals surface area contributed by atoms with Crippen LogP contribution in [0.25, 0.3) is 5.65 Å². The molecule has 0 spiro atoms. The quantitative estimate of drug-likeness (QED) is 0.497. The van der Waals surface area contributed by atoms with Crippen LogP contribution in [0.1, 0.15) is 16.1 Å². The van der Waals surface area contributed by atoms with Crippen LogP contribution in [-0.2, 0) is 6.54 Å². The van der Waals surface area contributed by atoms with Crippen LogP contribution >= 0.6 is 11.6 Å². The van der Waals surface area contributed by atoms with Gasteiger partial charge in [0.2, 0.25) is 0 Å². The number of imidazole rings is 1. The molecule has 9 heteroatoms. The van der Waals surface area contributed by atoms with E-state index in [1.54, 1.807) is 4.90 Å². The highest BCUT2D eigenvalue weighted by atomic mass is 35.5. The van der Waals surface area contributed by atoms with Gasteiger partial charge >= 0.3 is 0 Å². The van der Waals surface area contributed by atoms with Crippen molar-refractivity contribution in [3.8, 4) is 0 Å². The first-order chi connectivity index (χ1) is 13.5. The predicted octanol–water partition coefficient (Wildman–Crippen LogP) is 2.85. The molecule has 1 amide bonds. The largest absolute Gasteiger partial charge is 0.336 e. The van der Waals surface area contributed by atoms with Crippen molar-refractivity contribution in [1.82, 2.24) is 19.2 Å². The number of carbonyl (C=O) groups is 1. The van der Waals surface area contributed by atoms with Gasteiger partial charge < -0.3 is 9.30 Å². The summed E-state index contributed by atoms with van der Waals surface area (Å²) in [7, 11) is 0. The van der Waals surface area contributed by atoms with Crippen LogP contribution in [0, 0.1) is 10.1 Å². The van der Waals surface area contributed by atoms with Crippen molar-refractivity contribution in [2.24, 2.45) is 0 Å². The molecule has 0 aliphatic carbocycles. The lowest BCUT2D eigenvalue weighted by atomic mass is 10.1.